The smallest absolute Gasteiger partial charge is 0.330 e. The van der Waals surface area contributed by atoms with Gasteiger partial charge in [0, 0.05) is 40.9 Å². The van der Waals surface area contributed by atoms with Gasteiger partial charge in [0.1, 0.15) is 6.23 Å². The van der Waals surface area contributed by atoms with Crippen LogP contribution in [-0.4, -0.2) is 49.2 Å². The summed E-state index contributed by atoms with van der Waals surface area (Å²) in [6, 6.07) is 33.9. The molecule has 5 rings (SSSR count). The van der Waals surface area contributed by atoms with Gasteiger partial charge in [-0.15, -0.1) is 0 Å². The first-order valence-electron chi connectivity index (χ1n) is 16.6. The van der Waals surface area contributed by atoms with Crippen molar-refractivity contribution in [3.63, 3.8) is 0 Å². The van der Waals surface area contributed by atoms with Gasteiger partial charge in [0.2, 0.25) is 0 Å². The van der Waals surface area contributed by atoms with Crippen molar-refractivity contribution in [3.8, 4) is 6.07 Å². The zero-order chi connectivity index (χ0) is 35.6. The molecule has 2 heterocycles. The lowest BCUT2D eigenvalue weighted by atomic mass is 9.66. The van der Waals surface area contributed by atoms with E-state index in [1.807, 2.05) is 56.6 Å². The minimum atomic E-state index is -1.55. The van der Waals surface area contributed by atoms with Gasteiger partial charge in [-0.2, -0.15) is 17.9 Å². The lowest BCUT2D eigenvalue weighted by Gasteiger charge is -2.38. The summed E-state index contributed by atoms with van der Waals surface area (Å²) in [5.41, 5.74) is 2.66. The van der Waals surface area contributed by atoms with Crippen molar-refractivity contribution in [2.75, 3.05) is 6.61 Å². The Labute approximate surface area is 295 Å². The van der Waals surface area contributed by atoms with Crippen LogP contribution in [-0.2, 0) is 14.7 Å². The van der Waals surface area contributed by atoms with Crippen molar-refractivity contribution in [2.45, 2.75) is 89.0 Å². The summed E-state index contributed by atoms with van der Waals surface area (Å²) in [5.74, 6) is 0. The summed E-state index contributed by atoms with van der Waals surface area (Å²) < 4.78 is 15.1. The van der Waals surface area contributed by atoms with Gasteiger partial charge in [0.05, 0.1) is 25.2 Å². The Bertz CT molecular complexity index is 1660. The van der Waals surface area contributed by atoms with E-state index in [1.54, 1.807) is 13.1 Å². The molecule has 3 aromatic carbocycles. The second-order valence-corrected chi connectivity index (χ2v) is 14.6. The second kappa shape index (κ2) is 17.9. The maximum absolute atomic E-state index is 12.5. The molecule has 1 aromatic heterocycles. The van der Waals surface area contributed by atoms with E-state index in [9.17, 15) is 14.5 Å². The highest BCUT2D eigenvalue weighted by Gasteiger charge is 2.44. The Morgan fingerprint density at radius 2 is 1.47 bits per heavy atom. The first kappa shape index (κ1) is 38.3. The largest absolute Gasteiger partial charge is 0.353 e. The van der Waals surface area contributed by atoms with Crippen molar-refractivity contribution in [1.29, 1.82) is 5.26 Å². The molecular formula is C38H47N4O5PS. The fraction of sp³-hybridized carbons (Fsp3) is 0.395. The third kappa shape index (κ3) is 9.37. The lowest BCUT2D eigenvalue weighted by Crippen LogP contribution is -2.36. The van der Waals surface area contributed by atoms with E-state index in [0.29, 0.717) is 31.4 Å². The molecule has 1 aliphatic heterocycles. The molecular weight excluding hydrogens is 655 g/mol. The maximum atomic E-state index is 12.5. The number of aromatic nitrogens is 2. The number of nitrogens with zero attached hydrogens (tertiary/aromatic N) is 3. The molecule has 0 aliphatic carbocycles. The van der Waals surface area contributed by atoms with E-state index in [-0.39, 0.29) is 29.0 Å². The lowest BCUT2D eigenvalue weighted by molar-refractivity contribution is -0.00879. The van der Waals surface area contributed by atoms with Crippen LogP contribution in [0.3, 0.4) is 0 Å². The molecule has 0 saturated carbocycles. The van der Waals surface area contributed by atoms with Crippen molar-refractivity contribution in [2.24, 2.45) is 0 Å². The Kier molecular flexibility index (Phi) is 14.0. The molecule has 4 aromatic rings. The number of rotatable bonds is 12. The number of thiol groups is 1. The number of hydrogen-bond donors (Lipinski definition) is 3. The second-order valence-electron chi connectivity index (χ2n) is 12.7. The molecule has 2 N–H and O–H groups in total. The summed E-state index contributed by atoms with van der Waals surface area (Å²) >= 11 is 4.91. The first-order valence-corrected chi connectivity index (χ1v) is 18.3. The number of aryl methyl sites for hydroxylation is 1. The highest BCUT2D eigenvalue weighted by Crippen LogP contribution is 2.47. The van der Waals surface area contributed by atoms with Crippen LogP contribution in [0.5, 0.6) is 0 Å². The molecule has 49 heavy (non-hydrogen) atoms. The molecule has 0 unspecified atom stereocenters. The van der Waals surface area contributed by atoms with Crippen molar-refractivity contribution < 1.29 is 14.2 Å². The van der Waals surface area contributed by atoms with Crippen LogP contribution in [0.15, 0.2) is 107 Å². The standard InChI is InChI=1S/C29H28N2O3S.C9H19N2O2P/c1-20-19-31(28(33)30-27(20)32)26-17-25(35)24(34-26)18-29(21-11-5-2-6-12-21,22-13-7-3-8-14-22)23-15-9-4-10-16-23;1-8(2)11(9(3)4)14(12)13-7-5-6-10/h2-16,19,24-26,35H,17-18H2,1H3,(H,30,32,33);8-9,12H,5,7H2,1-4H3/t24-,25+,26-;14-/m11/s1. The molecule has 4 atom stereocenters. The van der Waals surface area contributed by atoms with Crippen LogP contribution in [0, 0.1) is 18.3 Å². The first-order chi connectivity index (χ1) is 23.5. The van der Waals surface area contributed by atoms with Gasteiger partial charge >= 0.3 is 5.69 Å². The van der Waals surface area contributed by atoms with Gasteiger partial charge in [-0.3, -0.25) is 14.3 Å². The molecule has 1 fully saturated rings. The van der Waals surface area contributed by atoms with Crippen molar-refractivity contribution in [3.05, 3.63) is 140 Å². The van der Waals surface area contributed by atoms with Crippen molar-refractivity contribution >= 4 is 21.2 Å². The molecule has 9 nitrogen and oxygen atoms in total. The van der Waals surface area contributed by atoms with Crippen LogP contribution < -0.4 is 11.2 Å². The third-order valence-electron chi connectivity index (χ3n) is 8.64. The Morgan fingerprint density at radius 3 is 1.92 bits per heavy atom. The Morgan fingerprint density at radius 1 is 0.980 bits per heavy atom. The van der Waals surface area contributed by atoms with Gasteiger partial charge < -0.3 is 14.2 Å². The monoisotopic (exact) mass is 702 g/mol. The minimum absolute atomic E-state index is 0.0883. The van der Waals surface area contributed by atoms with Crippen LogP contribution in [0.2, 0.25) is 0 Å². The molecule has 260 valence electrons. The number of H-pyrrole nitrogens is 1. The van der Waals surface area contributed by atoms with Crippen LogP contribution >= 0.6 is 21.2 Å². The van der Waals surface area contributed by atoms with Gasteiger partial charge in [0.15, 0.2) is 0 Å². The van der Waals surface area contributed by atoms with E-state index < -0.39 is 25.9 Å². The predicted molar refractivity (Wildman–Crippen MR) is 199 cm³/mol. The summed E-state index contributed by atoms with van der Waals surface area (Å²) in [6.45, 7) is 10.0. The normalized spacial score (nSPS) is 18.3. The minimum Gasteiger partial charge on any atom is -0.353 e. The number of nitrogens with one attached hydrogen (secondary N) is 1. The third-order valence-corrected chi connectivity index (χ3v) is 10.9. The number of nitriles is 1. The zero-order valence-corrected chi connectivity index (χ0v) is 30.6. The highest BCUT2D eigenvalue weighted by molar-refractivity contribution is 7.81. The van der Waals surface area contributed by atoms with Gasteiger partial charge in [-0.1, -0.05) is 91.0 Å². The topological polar surface area (TPSA) is 121 Å². The van der Waals surface area contributed by atoms with Gasteiger partial charge in [0.25, 0.3) is 14.1 Å². The Balaban J connectivity index is 0.000000328. The number of aromatic amines is 1. The number of hydrogen-bond acceptors (Lipinski definition) is 8. The number of ether oxygens (including phenoxy) is 1. The Hall–Kier alpha value is -3.55. The molecule has 0 bridgehead atoms. The highest BCUT2D eigenvalue weighted by atomic mass is 32.1. The summed E-state index contributed by atoms with van der Waals surface area (Å²) in [7, 11) is -1.55. The summed E-state index contributed by atoms with van der Waals surface area (Å²) in [5, 5.41) is 8.23. The van der Waals surface area contributed by atoms with E-state index in [1.165, 1.54) is 21.3 Å². The van der Waals surface area contributed by atoms with E-state index >= 15 is 0 Å². The molecule has 0 radical (unpaired) electrons. The van der Waals surface area contributed by atoms with Crippen molar-refractivity contribution in [1.82, 2.24) is 14.2 Å². The molecule has 1 saturated heterocycles. The predicted octanol–water partition coefficient (Wildman–Crippen LogP) is 7.11. The molecule has 1 aliphatic rings. The molecule has 11 heteroatoms. The van der Waals surface area contributed by atoms with Crippen LogP contribution in [0.1, 0.15) is 75.4 Å². The van der Waals surface area contributed by atoms with Crippen LogP contribution in [0.25, 0.3) is 0 Å². The molecule has 0 amide bonds. The SMILES string of the molecule is CC(C)N(C(C)C)[P@](O)OCCC#N.Cc1cn([C@H]2C[C@H](S)[C@@H](CC(c3ccccc3)(c3ccccc3)c3ccccc3)O2)c(=O)[nH]c1=O. The van der Waals surface area contributed by atoms with E-state index in [0.717, 1.165) is 0 Å². The average Bonchev–Trinajstić information content (AvgIpc) is 3.45. The fourth-order valence-corrected chi connectivity index (χ4v) is 7.96. The quantitative estimate of drug-likeness (QED) is 0.0623. The zero-order valence-electron chi connectivity index (χ0n) is 28.8. The molecule has 0 spiro atoms. The average molecular weight is 703 g/mol. The maximum Gasteiger partial charge on any atom is 0.330 e. The number of benzene rings is 3. The van der Waals surface area contributed by atoms with E-state index in [2.05, 4.69) is 77.8 Å². The summed E-state index contributed by atoms with van der Waals surface area (Å²) in [6.07, 6.45) is 2.38. The fourth-order valence-electron chi connectivity index (χ4n) is 6.42. The van der Waals surface area contributed by atoms with Gasteiger partial charge in [-0.05, 0) is 57.7 Å². The van der Waals surface area contributed by atoms with E-state index in [4.69, 9.17) is 27.2 Å². The summed E-state index contributed by atoms with van der Waals surface area (Å²) in [4.78, 5) is 36.5. The van der Waals surface area contributed by atoms with Gasteiger partial charge in [-0.25, -0.2) is 9.46 Å². The van der Waals surface area contributed by atoms with Crippen LogP contribution in [0.4, 0.5) is 0 Å².